The summed E-state index contributed by atoms with van der Waals surface area (Å²) >= 11 is 0. The minimum absolute atomic E-state index is 0.107. The molecule has 0 unspecified atom stereocenters. The third kappa shape index (κ3) is 4.22. The Morgan fingerprint density at radius 3 is 2.59 bits per heavy atom. The third-order valence-electron chi connectivity index (χ3n) is 2.22. The molecular weight excluding hydrogens is 223 g/mol. The molecule has 0 aromatic heterocycles. The molecule has 0 radical (unpaired) electrons. The van der Waals surface area contributed by atoms with Gasteiger partial charge in [0.2, 0.25) is 11.8 Å². The molecule has 2 N–H and O–H groups in total. The summed E-state index contributed by atoms with van der Waals surface area (Å²) in [6, 6.07) is 5.58. The smallest absolute Gasteiger partial charge is 0.242 e. The van der Waals surface area contributed by atoms with E-state index in [4.69, 9.17) is 0 Å². The van der Waals surface area contributed by atoms with Crippen molar-refractivity contribution in [1.29, 1.82) is 0 Å². The van der Waals surface area contributed by atoms with Crippen molar-refractivity contribution in [2.75, 3.05) is 0 Å². The van der Waals surface area contributed by atoms with Gasteiger partial charge in [0, 0.05) is 19.0 Å². The van der Waals surface area contributed by atoms with Crippen molar-refractivity contribution in [3.63, 3.8) is 0 Å². The molecule has 0 spiro atoms. The van der Waals surface area contributed by atoms with E-state index in [2.05, 4.69) is 10.6 Å². The molecule has 92 valence electrons. The highest BCUT2D eigenvalue weighted by atomic mass is 19.1. The van der Waals surface area contributed by atoms with Crippen molar-refractivity contribution in [1.82, 2.24) is 10.6 Å². The van der Waals surface area contributed by atoms with Crippen molar-refractivity contribution in [3.05, 3.63) is 35.6 Å². The normalized spacial score (nSPS) is 11.7. The lowest BCUT2D eigenvalue weighted by Gasteiger charge is -2.12. The summed E-state index contributed by atoms with van der Waals surface area (Å²) in [4.78, 5) is 22.3. The van der Waals surface area contributed by atoms with Crippen LogP contribution in [-0.4, -0.2) is 17.9 Å². The van der Waals surface area contributed by atoms with Gasteiger partial charge in [-0.3, -0.25) is 9.59 Å². The molecule has 5 heteroatoms. The van der Waals surface area contributed by atoms with Gasteiger partial charge in [-0.2, -0.15) is 0 Å². The van der Waals surface area contributed by atoms with Crippen LogP contribution in [0.5, 0.6) is 0 Å². The van der Waals surface area contributed by atoms with Crippen molar-refractivity contribution in [2.45, 2.75) is 26.4 Å². The van der Waals surface area contributed by atoms with Crippen LogP contribution in [0.4, 0.5) is 4.39 Å². The number of benzene rings is 1. The molecule has 2 amide bonds. The van der Waals surface area contributed by atoms with E-state index in [-0.39, 0.29) is 24.2 Å². The van der Waals surface area contributed by atoms with E-state index >= 15 is 0 Å². The first-order valence-corrected chi connectivity index (χ1v) is 5.29. The van der Waals surface area contributed by atoms with Crippen LogP contribution in [0.3, 0.4) is 0 Å². The lowest BCUT2D eigenvalue weighted by Crippen LogP contribution is -2.43. The maximum absolute atomic E-state index is 13.2. The second kappa shape index (κ2) is 5.98. The Labute approximate surface area is 99.2 Å². The largest absolute Gasteiger partial charge is 0.350 e. The Kier molecular flexibility index (Phi) is 4.63. The van der Waals surface area contributed by atoms with Gasteiger partial charge < -0.3 is 10.6 Å². The molecule has 0 heterocycles. The van der Waals surface area contributed by atoms with Gasteiger partial charge in [-0.15, -0.1) is 0 Å². The average molecular weight is 238 g/mol. The monoisotopic (exact) mass is 238 g/mol. The van der Waals surface area contributed by atoms with E-state index in [9.17, 15) is 14.0 Å². The number of rotatable bonds is 4. The summed E-state index contributed by atoms with van der Waals surface area (Å²) in [5.74, 6) is -0.984. The Hall–Kier alpha value is -1.91. The van der Waals surface area contributed by atoms with Gasteiger partial charge >= 0.3 is 0 Å². The van der Waals surface area contributed by atoms with E-state index in [1.54, 1.807) is 25.1 Å². The summed E-state index contributed by atoms with van der Waals surface area (Å²) in [7, 11) is 0. The number of hydrogen-bond donors (Lipinski definition) is 2. The molecule has 1 aromatic carbocycles. The molecule has 1 aromatic rings. The Bertz CT molecular complexity index is 421. The highest BCUT2D eigenvalue weighted by Crippen LogP contribution is 2.05. The fraction of sp³-hybridized carbons (Fsp3) is 0.333. The van der Waals surface area contributed by atoms with Gasteiger partial charge in [0.15, 0.2) is 0 Å². The molecule has 0 saturated carbocycles. The minimum atomic E-state index is -0.626. The van der Waals surface area contributed by atoms with Crippen molar-refractivity contribution >= 4 is 11.8 Å². The number of hydrogen-bond acceptors (Lipinski definition) is 2. The highest BCUT2D eigenvalue weighted by Gasteiger charge is 2.13. The molecule has 0 aliphatic rings. The molecule has 0 aliphatic carbocycles. The predicted molar refractivity (Wildman–Crippen MR) is 61.5 cm³/mol. The predicted octanol–water partition coefficient (Wildman–Crippen LogP) is 0.966. The van der Waals surface area contributed by atoms with Crippen molar-refractivity contribution in [3.8, 4) is 0 Å². The maximum atomic E-state index is 13.2. The van der Waals surface area contributed by atoms with Crippen molar-refractivity contribution < 1.29 is 14.0 Å². The number of nitrogens with one attached hydrogen (secondary N) is 2. The van der Waals surface area contributed by atoms with E-state index < -0.39 is 6.04 Å². The molecule has 17 heavy (non-hydrogen) atoms. The van der Waals surface area contributed by atoms with Crippen LogP contribution >= 0.6 is 0 Å². The van der Waals surface area contributed by atoms with Gasteiger partial charge in [0.1, 0.15) is 11.9 Å². The second-order valence-electron chi connectivity index (χ2n) is 3.73. The molecular formula is C12H15FN2O2. The molecule has 0 bridgehead atoms. The summed E-state index contributed by atoms with van der Waals surface area (Å²) < 4.78 is 13.2. The molecule has 0 aliphatic heterocycles. The maximum Gasteiger partial charge on any atom is 0.242 e. The zero-order valence-electron chi connectivity index (χ0n) is 9.79. The van der Waals surface area contributed by atoms with Crippen molar-refractivity contribution in [2.24, 2.45) is 0 Å². The van der Waals surface area contributed by atoms with Gasteiger partial charge in [-0.1, -0.05) is 18.2 Å². The molecule has 0 saturated heterocycles. The first-order chi connectivity index (χ1) is 8.00. The van der Waals surface area contributed by atoms with Gasteiger partial charge in [0.25, 0.3) is 0 Å². The van der Waals surface area contributed by atoms with Gasteiger partial charge in [0.05, 0.1) is 0 Å². The lowest BCUT2D eigenvalue weighted by atomic mass is 10.2. The average Bonchev–Trinajstić information content (AvgIpc) is 2.26. The fourth-order valence-corrected chi connectivity index (χ4v) is 1.35. The molecule has 1 atom stereocenters. The summed E-state index contributed by atoms with van der Waals surface area (Å²) in [6.07, 6.45) is 0. The summed E-state index contributed by atoms with van der Waals surface area (Å²) in [6.45, 7) is 3.01. The molecule has 0 fully saturated rings. The van der Waals surface area contributed by atoms with Crippen LogP contribution in [-0.2, 0) is 16.1 Å². The lowest BCUT2D eigenvalue weighted by molar-refractivity contribution is -0.127. The Balaban J connectivity index is 2.48. The Morgan fingerprint density at radius 1 is 1.35 bits per heavy atom. The summed E-state index contributed by atoms with van der Waals surface area (Å²) in [5, 5.41) is 5.00. The standard InChI is InChI=1S/C12H15FN2O2/c1-8(15-9(2)16)12(17)14-7-10-5-3-4-6-11(10)13/h3-6,8H,7H2,1-2H3,(H,14,17)(H,15,16)/t8-/m1/s1. The van der Waals surface area contributed by atoms with E-state index in [0.29, 0.717) is 5.56 Å². The summed E-state index contributed by atoms with van der Waals surface area (Å²) in [5.41, 5.74) is 0.413. The highest BCUT2D eigenvalue weighted by molar-refractivity contribution is 5.86. The fourth-order valence-electron chi connectivity index (χ4n) is 1.35. The topological polar surface area (TPSA) is 58.2 Å². The van der Waals surface area contributed by atoms with E-state index in [1.165, 1.54) is 13.0 Å². The quantitative estimate of drug-likeness (QED) is 0.821. The first kappa shape index (κ1) is 13.2. The van der Waals surface area contributed by atoms with Crippen LogP contribution < -0.4 is 10.6 Å². The SMILES string of the molecule is CC(=O)N[C@H](C)C(=O)NCc1ccccc1F. The van der Waals surface area contributed by atoms with Crippen LogP contribution in [0.1, 0.15) is 19.4 Å². The third-order valence-corrected chi connectivity index (χ3v) is 2.22. The van der Waals surface area contributed by atoms with Crippen LogP contribution in [0.2, 0.25) is 0 Å². The van der Waals surface area contributed by atoms with Crippen LogP contribution in [0.15, 0.2) is 24.3 Å². The van der Waals surface area contributed by atoms with Gasteiger partial charge in [-0.05, 0) is 13.0 Å². The van der Waals surface area contributed by atoms with Gasteiger partial charge in [-0.25, -0.2) is 4.39 Å². The number of carbonyl (C=O) groups excluding carboxylic acids is 2. The van der Waals surface area contributed by atoms with Crippen LogP contribution in [0.25, 0.3) is 0 Å². The van der Waals surface area contributed by atoms with Crippen LogP contribution in [0, 0.1) is 5.82 Å². The van der Waals surface area contributed by atoms with E-state index in [0.717, 1.165) is 0 Å². The Morgan fingerprint density at radius 2 is 2.00 bits per heavy atom. The van der Waals surface area contributed by atoms with E-state index in [1.807, 2.05) is 0 Å². The molecule has 1 rings (SSSR count). The zero-order valence-corrected chi connectivity index (χ0v) is 9.79. The number of amides is 2. The first-order valence-electron chi connectivity index (χ1n) is 5.29. The number of carbonyl (C=O) groups is 2. The zero-order chi connectivity index (χ0) is 12.8. The minimum Gasteiger partial charge on any atom is -0.350 e. The molecule has 4 nitrogen and oxygen atoms in total. The second-order valence-corrected chi connectivity index (χ2v) is 3.73. The number of halogens is 1.